The van der Waals surface area contributed by atoms with Crippen LogP contribution in [0.4, 0.5) is 5.69 Å². The number of carbonyl (C=O) groups excluding carboxylic acids is 1. The van der Waals surface area contributed by atoms with Gasteiger partial charge < -0.3 is 5.32 Å². The fraction of sp³-hybridized carbons (Fsp3) is 0.368. The van der Waals surface area contributed by atoms with Gasteiger partial charge in [0.25, 0.3) is 0 Å². The van der Waals surface area contributed by atoms with Crippen molar-refractivity contribution in [3.8, 4) is 6.07 Å². The van der Waals surface area contributed by atoms with Gasteiger partial charge in [-0.05, 0) is 43.0 Å². The standard InChI is InChI=1S/C19H22N4OS/c1-4-17(18(24)22-16-6-5-9-21-12-16)25-19-14(11-20)7-8-15(23-19)10-13(2)3/h5-9,12-13,17H,4,10H2,1-3H3,(H,22,24). The number of nitrogens with one attached hydrogen (secondary N) is 1. The molecule has 0 spiro atoms. The van der Waals surface area contributed by atoms with Gasteiger partial charge in [-0.3, -0.25) is 9.78 Å². The van der Waals surface area contributed by atoms with Crippen LogP contribution in [0.2, 0.25) is 0 Å². The van der Waals surface area contributed by atoms with Crippen LogP contribution in [0.25, 0.3) is 0 Å². The van der Waals surface area contributed by atoms with Gasteiger partial charge in [-0.25, -0.2) is 4.98 Å². The van der Waals surface area contributed by atoms with Gasteiger partial charge in [0, 0.05) is 11.9 Å². The molecule has 5 nitrogen and oxygen atoms in total. The fourth-order valence-corrected chi connectivity index (χ4v) is 3.31. The smallest absolute Gasteiger partial charge is 0.237 e. The molecule has 0 saturated heterocycles. The van der Waals surface area contributed by atoms with Crippen molar-refractivity contribution in [1.29, 1.82) is 5.26 Å². The number of rotatable bonds is 7. The summed E-state index contributed by atoms with van der Waals surface area (Å²) in [6.45, 7) is 6.20. The normalized spacial score (nSPS) is 11.8. The minimum absolute atomic E-state index is 0.111. The summed E-state index contributed by atoms with van der Waals surface area (Å²) in [6.07, 6.45) is 4.75. The highest BCUT2D eigenvalue weighted by atomic mass is 32.2. The first-order valence-electron chi connectivity index (χ1n) is 8.31. The molecule has 2 heterocycles. The molecule has 0 fully saturated rings. The largest absolute Gasteiger partial charge is 0.324 e. The Morgan fingerprint density at radius 3 is 2.76 bits per heavy atom. The molecular weight excluding hydrogens is 332 g/mol. The Morgan fingerprint density at radius 2 is 2.16 bits per heavy atom. The Morgan fingerprint density at radius 1 is 1.36 bits per heavy atom. The average molecular weight is 354 g/mol. The van der Waals surface area contributed by atoms with Crippen LogP contribution in [0.15, 0.2) is 41.7 Å². The Balaban J connectivity index is 2.17. The van der Waals surface area contributed by atoms with Gasteiger partial charge in [0.05, 0.1) is 22.7 Å². The van der Waals surface area contributed by atoms with Gasteiger partial charge in [0.1, 0.15) is 11.1 Å². The van der Waals surface area contributed by atoms with Crippen LogP contribution in [-0.4, -0.2) is 21.1 Å². The first-order chi connectivity index (χ1) is 12.0. The summed E-state index contributed by atoms with van der Waals surface area (Å²) in [5.74, 6) is 0.370. The Labute approximate surface area is 152 Å². The van der Waals surface area contributed by atoms with E-state index < -0.39 is 0 Å². The number of hydrogen-bond donors (Lipinski definition) is 1. The van der Waals surface area contributed by atoms with Crippen LogP contribution in [0, 0.1) is 17.2 Å². The first-order valence-corrected chi connectivity index (χ1v) is 9.19. The molecule has 1 N–H and O–H groups in total. The Kier molecular flexibility index (Phi) is 6.96. The summed E-state index contributed by atoms with van der Waals surface area (Å²) in [7, 11) is 0. The van der Waals surface area contributed by atoms with Crippen molar-refractivity contribution in [2.75, 3.05) is 5.32 Å². The minimum Gasteiger partial charge on any atom is -0.324 e. The molecule has 1 atom stereocenters. The second kappa shape index (κ2) is 9.19. The highest BCUT2D eigenvalue weighted by Crippen LogP contribution is 2.28. The monoisotopic (exact) mass is 354 g/mol. The number of pyridine rings is 2. The van der Waals surface area contributed by atoms with Crippen LogP contribution in [0.5, 0.6) is 0 Å². The third kappa shape index (κ3) is 5.57. The molecule has 1 amide bonds. The number of hydrogen-bond acceptors (Lipinski definition) is 5. The van der Waals surface area contributed by atoms with Crippen LogP contribution < -0.4 is 5.32 Å². The SMILES string of the molecule is CCC(Sc1nc(CC(C)C)ccc1C#N)C(=O)Nc1cccnc1. The van der Waals surface area contributed by atoms with E-state index in [0.717, 1.165) is 12.1 Å². The van der Waals surface area contributed by atoms with E-state index in [0.29, 0.717) is 28.6 Å². The molecule has 0 aliphatic rings. The topological polar surface area (TPSA) is 78.7 Å². The van der Waals surface area contributed by atoms with E-state index in [2.05, 4.69) is 35.2 Å². The number of anilines is 1. The molecular formula is C19H22N4OS. The van der Waals surface area contributed by atoms with Crippen molar-refractivity contribution in [1.82, 2.24) is 9.97 Å². The van der Waals surface area contributed by atoms with Gasteiger partial charge in [-0.15, -0.1) is 0 Å². The van der Waals surface area contributed by atoms with Crippen molar-refractivity contribution in [3.05, 3.63) is 47.9 Å². The lowest BCUT2D eigenvalue weighted by molar-refractivity contribution is -0.115. The predicted octanol–water partition coefficient (Wildman–Crippen LogP) is 4.06. The number of nitriles is 1. The third-order valence-electron chi connectivity index (χ3n) is 3.50. The molecule has 0 bridgehead atoms. The Bertz CT molecular complexity index is 756. The summed E-state index contributed by atoms with van der Waals surface area (Å²) in [4.78, 5) is 21.1. The number of carbonyl (C=O) groups is 1. The first kappa shape index (κ1) is 18.9. The molecule has 0 aliphatic heterocycles. The molecule has 2 aromatic heterocycles. The molecule has 0 aliphatic carbocycles. The van der Waals surface area contributed by atoms with Crippen LogP contribution in [0.1, 0.15) is 38.4 Å². The maximum absolute atomic E-state index is 12.5. The second-order valence-electron chi connectivity index (χ2n) is 6.11. The van der Waals surface area contributed by atoms with Crippen molar-refractivity contribution in [2.45, 2.75) is 43.9 Å². The minimum atomic E-state index is -0.325. The second-order valence-corrected chi connectivity index (χ2v) is 7.30. The number of aromatic nitrogens is 2. The van der Waals surface area contributed by atoms with E-state index in [-0.39, 0.29) is 11.2 Å². The average Bonchev–Trinajstić information content (AvgIpc) is 2.60. The van der Waals surface area contributed by atoms with Gasteiger partial charge in [0.2, 0.25) is 5.91 Å². The predicted molar refractivity (Wildman–Crippen MR) is 100 cm³/mol. The quantitative estimate of drug-likeness (QED) is 0.759. The zero-order chi connectivity index (χ0) is 18.2. The van der Waals surface area contributed by atoms with Crippen LogP contribution in [0.3, 0.4) is 0 Å². The summed E-state index contributed by atoms with van der Waals surface area (Å²) in [5, 5.41) is 12.5. The fourth-order valence-electron chi connectivity index (χ4n) is 2.30. The van der Waals surface area contributed by atoms with Gasteiger partial charge in [0.15, 0.2) is 0 Å². The molecule has 25 heavy (non-hydrogen) atoms. The van der Waals surface area contributed by atoms with Crippen molar-refractivity contribution < 1.29 is 4.79 Å². The highest BCUT2D eigenvalue weighted by Gasteiger charge is 2.21. The van der Waals surface area contributed by atoms with Crippen molar-refractivity contribution in [2.24, 2.45) is 5.92 Å². The molecule has 2 aromatic rings. The third-order valence-corrected chi connectivity index (χ3v) is 4.87. The lowest BCUT2D eigenvalue weighted by atomic mass is 10.1. The lowest BCUT2D eigenvalue weighted by Gasteiger charge is -2.15. The molecule has 0 saturated carbocycles. The zero-order valence-electron chi connectivity index (χ0n) is 14.7. The maximum atomic E-state index is 12.5. The van der Waals surface area contributed by atoms with E-state index in [9.17, 15) is 10.1 Å². The lowest BCUT2D eigenvalue weighted by Crippen LogP contribution is -2.25. The molecule has 1 unspecified atom stereocenters. The van der Waals surface area contributed by atoms with Crippen molar-refractivity contribution in [3.63, 3.8) is 0 Å². The number of thioether (sulfide) groups is 1. The molecule has 0 radical (unpaired) electrons. The summed E-state index contributed by atoms with van der Waals surface area (Å²) >= 11 is 1.34. The summed E-state index contributed by atoms with van der Waals surface area (Å²) in [5.41, 5.74) is 2.11. The molecule has 130 valence electrons. The van der Waals surface area contributed by atoms with Gasteiger partial charge in [-0.1, -0.05) is 32.5 Å². The van der Waals surface area contributed by atoms with Gasteiger partial charge >= 0.3 is 0 Å². The molecule has 2 rings (SSSR count). The summed E-state index contributed by atoms with van der Waals surface area (Å²) < 4.78 is 0. The zero-order valence-corrected chi connectivity index (χ0v) is 15.5. The van der Waals surface area contributed by atoms with Crippen molar-refractivity contribution >= 4 is 23.4 Å². The van der Waals surface area contributed by atoms with Crippen LogP contribution >= 0.6 is 11.8 Å². The van der Waals surface area contributed by atoms with E-state index in [1.807, 2.05) is 13.0 Å². The Hall–Kier alpha value is -2.39. The highest BCUT2D eigenvalue weighted by molar-refractivity contribution is 8.00. The molecule has 0 aromatic carbocycles. The summed E-state index contributed by atoms with van der Waals surface area (Å²) in [6, 6.07) is 9.42. The van der Waals surface area contributed by atoms with E-state index in [1.165, 1.54) is 11.8 Å². The number of amides is 1. The van der Waals surface area contributed by atoms with Gasteiger partial charge in [-0.2, -0.15) is 5.26 Å². The maximum Gasteiger partial charge on any atom is 0.237 e. The van der Waals surface area contributed by atoms with E-state index >= 15 is 0 Å². The van der Waals surface area contributed by atoms with Crippen LogP contribution in [-0.2, 0) is 11.2 Å². The van der Waals surface area contributed by atoms with E-state index in [4.69, 9.17) is 0 Å². The molecule has 6 heteroatoms. The number of nitrogens with zero attached hydrogens (tertiary/aromatic N) is 3. The van der Waals surface area contributed by atoms with E-state index in [1.54, 1.807) is 30.6 Å².